The highest BCUT2D eigenvalue weighted by atomic mass is 19.1. The molecule has 4 aromatic rings. The summed E-state index contributed by atoms with van der Waals surface area (Å²) in [6.45, 7) is 2.36. The standard InChI is InChI=1S/C29H30FN3O2/c1-31-20-24(21-9-3-6-12-26(21)31)23(22-10-4-8-14-28(22)35-2)19-29(34)33-17-15-32(16-18-33)27-13-7-5-11-25(27)30/h3-14,20,23H,15-19H2,1-2H3/t23-/m1/s1. The van der Waals surface area contributed by atoms with Crippen LogP contribution in [-0.2, 0) is 11.8 Å². The van der Waals surface area contributed by atoms with Crippen LogP contribution in [0.3, 0.4) is 0 Å². The Labute approximate surface area is 205 Å². The van der Waals surface area contributed by atoms with Gasteiger partial charge < -0.3 is 19.1 Å². The Bertz CT molecular complexity index is 1340. The number of benzene rings is 3. The number of hydrogen-bond donors (Lipinski definition) is 0. The lowest BCUT2D eigenvalue weighted by atomic mass is 9.87. The van der Waals surface area contributed by atoms with E-state index in [2.05, 4.69) is 29.0 Å². The summed E-state index contributed by atoms with van der Waals surface area (Å²) in [5, 5.41) is 1.14. The Hall–Kier alpha value is -3.80. The van der Waals surface area contributed by atoms with Gasteiger partial charge in [-0.05, 0) is 29.8 Å². The van der Waals surface area contributed by atoms with E-state index in [-0.39, 0.29) is 17.6 Å². The zero-order valence-corrected chi connectivity index (χ0v) is 20.2. The zero-order valence-electron chi connectivity index (χ0n) is 20.2. The van der Waals surface area contributed by atoms with Crippen LogP contribution >= 0.6 is 0 Å². The molecule has 1 fully saturated rings. The number of aromatic nitrogens is 1. The first kappa shape index (κ1) is 23.0. The molecule has 2 heterocycles. The van der Waals surface area contributed by atoms with E-state index in [0.717, 1.165) is 27.8 Å². The maximum atomic E-state index is 14.2. The highest BCUT2D eigenvalue weighted by Gasteiger charge is 2.29. The lowest BCUT2D eigenvalue weighted by Gasteiger charge is -2.37. The summed E-state index contributed by atoms with van der Waals surface area (Å²) in [7, 11) is 3.71. The first-order valence-corrected chi connectivity index (χ1v) is 12.0. The summed E-state index contributed by atoms with van der Waals surface area (Å²) in [5.74, 6) is 0.512. The molecular formula is C29H30FN3O2. The Balaban J connectivity index is 1.41. The Morgan fingerprint density at radius 1 is 0.914 bits per heavy atom. The predicted molar refractivity (Wildman–Crippen MR) is 138 cm³/mol. The van der Waals surface area contributed by atoms with E-state index in [1.54, 1.807) is 19.2 Å². The number of carbonyl (C=O) groups is 1. The third-order valence-corrected chi connectivity index (χ3v) is 7.02. The molecule has 0 unspecified atom stereocenters. The fourth-order valence-electron chi connectivity index (χ4n) is 5.20. The zero-order chi connectivity index (χ0) is 24.4. The minimum Gasteiger partial charge on any atom is -0.496 e. The number of hydrogen-bond acceptors (Lipinski definition) is 3. The van der Waals surface area contributed by atoms with Crippen molar-refractivity contribution in [2.24, 2.45) is 7.05 Å². The number of para-hydroxylation sites is 3. The first-order chi connectivity index (χ1) is 17.1. The monoisotopic (exact) mass is 471 g/mol. The first-order valence-electron chi connectivity index (χ1n) is 12.0. The topological polar surface area (TPSA) is 37.7 Å². The number of ether oxygens (including phenoxy) is 1. The maximum absolute atomic E-state index is 14.2. The Morgan fingerprint density at radius 2 is 1.60 bits per heavy atom. The average Bonchev–Trinajstić information content (AvgIpc) is 3.24. The molecule has 1 amide bonds. The van der Waals surface area contributed by atoms with Gasteiger partial charge in [-0.15, -0.1) is 0 Å². The van der Waals surface area contributed by atoms with Gasteiger partial charge >= 0.3 is 0 Å². The summed E-state index contributed by atoms with van der Waals surface area (Å²) in [4.78, 5) is 17.5. The third-order valence-electron chi connectivity index (χ3n) is 7.02. The molecular weight excluding hydrogens is 441 g/mol. The van der Waals surface area contributed by atoms with Crippen molar-refractivity contribution in [2.75, 3.05) is 38.2 Å². The number of anilines is 1. The highest BCUT2D eigenvalue weighted by Crippen LogP contribution is 2.39. The number of methoxy groups -OCH3 is 1. The van der Waals surface area contributed by atoms with E-state index in [9.17, 15) is 9.18 Å². The molecule has 0 bridgehead atoms. The molecule has 0 N–H and O–H groups in total. The molecule has 0 saturated carbocycles. The second-order valence-electron chi connectivity index (χ2n) is 9.03. The summed E-state index contributed by atoms with van der Waals surface area (Å²) >= 11 is 0. The van der Waals surface area contributed by atoms with Crippen molar-refractivity contribution in [3.63, 3.8) is 0 Å². The Morgan fingerprint density at radius 3 is 2.37 bits per heavy atom. The summed E-state index contributed by atoms with van der Waals surface area (Å²) in [6, 6.07) is 23.0. The molecule has 5 rings (SSSR count). The molecule has 1 aromatic heterocycles. The number of piperazine rings is 1. The molecule has 35 heavy (non-hydrogen) atoms. The van der Waals surface area contributed by atoms with Crippen molar-refractivity contribution in [2.45, 2.75) is 12.3 Å². The maximum Gasteiger partial charge on any atom is 0.223 e. The van der Waals surface area contributed by atoms with Gasteiger partial charge in [0.1, 0.15) is 11.6 Å². The third kappa shape index (κ3) is 4.48. The molecule has 1 aliphatic rings. The lowest BCUT2D eigenvalue weighted by molar-refractivity contribution is -0.131. The summed E-state index contributed by atoms with van der Waals surface area (Å²) in [5.41, 5.74) is 3.85. The highest BCUT2D eigenvalue weighted by molar-refractivity contribution is 5.87. The smallest absolute Gasteiger partial charge is 0.223 e. The minimum atomic E-state index is -0.223. The molecule has 1 aliphatic heterocycles. The van der Waals surface area contributed by atoms with E-state index in [1.165, 1.54) is 6.07 Å². The Kier molecular flexibility index (Phi) is 6.45. The molecule has 5 nitrogen and oxygen atoms in total. The van der Waals surface area contributed by atoms with Crippen LogP contribution in [0.15, 0.2) is 79.0 Å². The van der Waals surface area contributed by atoms with E-state index in [0.29, 0.717) is 38.3 Å². The number of aryl methyl sites for hydroxylation is 1. The number of amides is 1. The molecule has 1 atom stereocenters. The van der Waals surface area contributed by atoms with Crippen molar-refractivity contribution < 1.29 is 13.9 Å². The molecule has 0 aliphatic carbocycles. The SMILES string of the molecule is COc1ccccc1[C@@H](CC(=O)N1CCN(c2ccccc2F)CC1)c1cn(C)c2ccccc12. The van der Waals surface area contributed by atoms with Crippen molar-refractivity contribution in [3.8, 4) is 5.75 Å². The van der Waals surface area contributed by atoms with Crippen LogP contribution in [0.2, 0.25) is 0 Å². The summed E-state index contributed by atoms with van der Waals surface area (Å²) < 4.78 is 22.1. The molecule has 0 spiro atoms. The fraction of sp³-hybridized carbons (Fsp3) is 0.276. The largest absolute Gasteiger partial charge is 0.496 e. The van der Waals surface area contributed by atoms with Crippen LogP contribution in [0.1, 0.15) is 23.5 Å². The number of halogens is 1. The van der Waals surface area contributed by atoms with Crippen LogP contribution in [0, 0.1) is 5.82 Å². The van der Waals surface area contributed by atoms with Crippen LogP contribution in [-0.4, -0.2) is 48.7 Å². The molecule has 180 valence electrons. The van der Waals surface area contributed by atoms with Gasteiger partial charge in [-0.25, -0.2) is 4.39 Å². The van der Waals surface area contributed by atoms with Gasteiger partial charge in [0.2, 0.25) is 5.91 Å². The number of rotatable bonds is 6. The van der Waals surface area contributed by atoms with Crippen LogP contribution < -0.4 is 9.64 Å². The molecule has 6 heteroatoms. The molecule has 1 saturated heterocycles. The van der Waals surface area contributed by atoms with E-state index in [4.69, 9.17) is 4.74 Å². The van der Waals surface area contributed by atoms with Gasteiger partial charge in [0.05, 0.1) is 12.8 Å². The van der Waals surface area contributed by atoms with Gasteiger partial charge in [-0.2, -0.15) is 0 Å². The number of fused-ring (bicyclic) bond motifs is 1. The number of nitrogens with zero attached hydrogens (tertiary/aromatic N) is 3. The normalized spacial score (nSPS) is 14.8. The van der Waals surface area contributed by atoms with Gasteiger partial charge in [-0.3, -0.25) is 4.79 Å². The summed E-state index contributed by atoms with van der Waals surface area (Å²) in [6.07, 6.45) is 2.47. The minimum absolute atomic E-state index is 0.0991. The quantitative estimate of drug-likeness (QED) is 0.388. The average molecular weight is 472 g/mol. The van der Waals surface area contributed by atoms with E-state index in [1.807, 2.05) is 53.2 Å². The molecule has 0 radical (unpaired) electrons. The van der Waals surface area contributed by atoms with Crippen molar-refractivity contribution in [3.05, 3.63) is 95.9 Å². The van der Waals surface area contributed by atoms with Gasteiger partial charge in [0.25, 0.3) is 0 Å². The molecule has 3 aromatic carbocycles. The van der Waals surface area contributed by atoms with Crippen molar-refractivity contribution in [1.29, 1.82) is 0 Å². The second kappa shape index (κ2) is 9.82. The fourth-order valence-corrected chi connectivity index (χ4v) is 5.20. The van der Waals surface area contributed by atoms with Crippen molar-refractivity contribution >= 4 is 22.5 Å². The van der Waals surface area contributed by atoms with Crippen LogP contribution in [0.4, 0.5) is 10.1 Å². The van der Waals surface area contributed by atoms with Gasteiger partial charge in [0.15, 0.2) is 0 Å². The van der Waals surface area contributed by atoms with E-state index >= 15 is 0 Å². The lowest BCUT2D eigenvalue weighted by Crippen LogP contribution is -2.49. The van der Waals surface area contributed by atoms with Gasteiger partial charge in [-0.1, -0.05) is 48.5 Å². The van der Waals surface area contributed by atoms with Crippen molar-refractivity contribution in [1.82, 2.24) is 9.47 Å². The van der Waals surface area contributed by atoms with Gasteiger partial charge in [0, 0.05) is 68.2 Å². The number of carbonyl (C=O) groups excluding carboxylic acids is 1. The van der Waals surface area contributed by atoms with E-state index < -0.39 is 0 Å². The van der Waals surface area contributed by atoms with Crippen LogP contribution in [0.25, 0.3) is 10.9 Å². The van der Waals surface area contributed by atoms with Crippen LogP contribution in [0.5, 0.6) is 5.75 Å². The predicted octanol–water partition coefficient (Wildman–Crippen LogP) is 5.20. The second-order valence-corrected chi connectivity index (χ2v) is 9.03.